The number of likely N-dealkylation sites (N-methyl/N-ethyl adjacent to an activating group) is 1. The summed E-state index contributed by atoms with van der Waals surface area (Å²) in [5, 5.41) is 10.9. The zero-order chi connectivity index (χ0) is 24.6. The Morgan fingerprint density at radius 2 is 1.80 bits per heavy atom. The summed E-state index contributed by atoms with van der Waals surface area (Å²) in [5.74, 6) is 3.85. The summed E-state index contributed by atoms with van der Waals surface area (Å²) in [4.78, 5) is 8.01. The van der Waals surface area contributed by atoms with Gasteiger partial charge in [0.2, 0.25) is 0 Å². The highest BCUT2D eigenvalue weighted by Crippen LogP contribution is 2.61. The van der Waals surface area contributed by atoms with Crippen molar-refractivity contribution in [2.24, 2.45) is 23.7 Å². The average Bonchev–Trinajstić information content (AvgIpc) is 2.84. The van der Waals surface area contributed by atoms with Crippen LogP contribution in [0.1, 0.15) is 66.2 Å². The normalized spacial score (nSPS) is 35.6. The maximum atomic E-state index is 3.66. The molecule has 6 heteroatoms. The third-order valence-electron chi connectivity index (χ3n) is 10.6. The smallest absolute Gasteiger partial charge is 0.0410 e. The van der Waals surface area contributed by atoms with Gasteiger partial charge in [-0.05, 0) is 96.9 Å². The van der Waals surface area contributed by atoms with Gasteiger partial charge in [-0.15, -0.1) is 0 Å². The molecule has 4 bridgehead atoms. The summed E-state index contributed by atoms with van der Waals surface area (Å²) in [6.45, 7) is 19.8. The SMILES string of the molecule is CC(C)N(C)CCNCC1=CN(C(C)(C)CC2C3CC4CC2CC(N2CCNCC2)(C4)C3)CCN1. The van der Waals surface area contributed by atoms with E-state index in [1.165, 1.54) is 70.4 Å². The Hall–Kier alpha value is -0.820. The Morgan fingerprint density at radius 3 is 2.49 bits per heavy atom. The number of rotatable bonds is 10. The molecule has 6 rings (SSSR count). The molecule has 2 unspecified atom stereocenters. The zero-order valence-electron chi connectivity index (χ0n) is 23.4. The highest BCUT2D eigenvalue weighted by atomic mass is 15.3. The second-order valence-electron chi connectivity index (χ2n) is 13.6. The van der Waals surface area contributed by atoms with Crippen LogP contribution >= 0.6 is 0 Å². The van der Waals surface area contributed by atoms with E-state index in [-0.39, 0.29) is 5.54 Å². The molecule has 2 aliphatic heterocycles. The van der Waals surface area contributed by atoms with Gasteiger partial charge in [0, 0.05) is 87.9 Å². The Balaban J connectivity index is 1.18. The predicted molar refractivity (Wildman–Crippen MR) is 146 cm³/mol. The molecule has 6 nitrogen and oxygen atoms in total. The number of hydrogen-bond donors (Lipinski definition) is 3. The van der Waals surface area contributed by atoms with Gasteiger partial charge in [0.05, 0.1) is 0 Å². The number of nitrogens with one attached hydrogen (secondary N) is 3. The van der Waals surface area contributed by atoms with Crippen molar-refractivity contribution in [3.05, 3.63) is 11.9 Å². The lowest BCUT2D eigenvalue weighted by molar-refractivity contribution is -0.131. The van der Waals surface area contributed by atoms with Crippen molar-refractivity contribution >= 4 is 0 Å². The molecule has 0 aromatic carbocycles. The highest BCUT2D eigenvalue weighted by Gasteiger charge is 2.57. The Kier molecular flexibility index (Phi) is 7.75. The van der Waals surface area contributed by atoms with Gasteiger partial charge in [-0.3, -0.25) is 4.90 Å². The number of hydrogen-bond acceptors (Lipinski definition) is 6. The topological polar surface area (TPSA) is 45.8 Å². The fourth-order valence-corrected chi connectivity index (χ4v) is 8.60. The molecule has 35 heavy (non-hydrogen) atoms. The van der Waals surface area contributed by atoms with Crippen molar-refractivity contribution in [3.8, 4) is 0 Å². The molecule has 2 atom stereocenters. The van der Waals surface area contributed by atoms with E-state index in [9.17, 15) is 0 Å². The van der Waals surface area contributed by atoms with Crippen LogP contribution < -0.4 is 16.0 Å². The minimum absolute atomic E-state index is 0.230. The molecule has 1 saturated heterocycles. The second kappa shape index (κ2) is 10.5. The van der Waals surface area contributed by atoms with Crippen LogP contribution in [0.5, 0.6) is 0 Å². The monoisotopic (exact) mass is 486 g/mol. The molecule has 0 radical (unpaired) electrons. The van der Waals surface area contributed by atoms with Crippen molar-refractivity contribution in [2.75, 3.05) is 66.0 Å². The molecule has 0 aromatic rings. The second-order valence-corrected chi connectivity index (χ2v) is 13.6. The predicted octanol–water partition coefficient (Wildman–Crippen LogP) is 2.93. The van der Waals surface area contributed by atoms with E-state index in [4.69, 9.17) is 0 Å². The molecular formula is C29H54N6. The van der Waals surface area contributed by atoms with Gasteiger partial charge in [0.25, 0.3) is 0 Å². The van der Waals surface area contributed by atoms with Crippen LogP contribution in [0.4, 0.5) is 0 Å². The molecule has 4 aliphatic carbocycles. The summed E-state index contributed by atoms with van der Waals surface area (Å²) >= 11 is 0. The van der Waals surface area contributed by atoms with Crippen LogP contribution in [0.2, 0.25) is 0 Å². The Morgan fingerprint density at radius 1 is 1.09 bits per heavy atom. The van der Waals surface area contributed by atoms with Crippen molar-refractivity contribution < 1.29 is 0 Å². The first-order chi connectivity index (χ1) is 16.8. The summed E-state index contributed by atoms with van der Waals surface area (Å²) in [6, 6.07) is 0.608. The highest BCUT2D eigenvalue weighted by molar-refractivity contribution is 5.13. The third-order valence-corrected chi connectivity index (χ3v) is 10.6. The average molecular weight is 487 g/mol. The summed E-state index contributed by atoms with van der Waals surface area (Å²) in [5.41, 5.74) is 2.14. The fourth-order valence-electron chi connectivity index (χ4n) is 8.60. The Labute approximate surface area is 215 Å². The zero-order valence-corrected chi connectivity index (χ0v) is 23.4. The standard InChI is InChI=1S/C29H54N6/c1-22(2)33(5)10-6-31-20-26-21-35(13-9-32-26)28(3,4)19-27-24-14-23-15-25(27)18-29(16-23,17-24)34-11-7-30-8-12-34/h21-25,27,30-32H,6-20H2,1-5H3. The van der Waals surface area contributed by atoms with E-state index in [2.05, 4.69) is 71.6 Å². The van der Waals surface area contributed by atoms with E-state index in [1.807, 2.05) is 0 Å². The summed E-state index contributed by atoms with van der Waals surface area (Å²) in [7, 11) is 2.21. The molecule has 3 N–H and O–H groups in total. The van der Waals surface area contributed by atoms with Crippen molar-refractivity contribution in [2.45, 2.75) is 83.3 Å². The first kappa shape index (κ1) is 25.8. The van der Waals surface area contributed by atoms with Gasteiger partial charge in [-0.25, -0.2) is 0 Å². The van der Waals surface area contributed by atoms with E-state index < -0.39 is 0 Å². The van der Waals surface area contributed by atoms with E-state index in [0.29, 0.717) is 11.6 Å². The van der Waals surface area contributed by atoms with Crippen LogP contribution in [-0.2, 0) is 0 Å². The minimum atomic E-state index is 0.230. The maximum Gasteiger partial charge on any atom is 0.0410 e. The van der Waals surface area contributed by atoms with Crippen LogP contribution in [0.3, 0.4) is 0 Å². The molecule has 4 saturated carbocycles. The van der Waals surface area contributed by atoms with Gasteiger partial charge in [-0.1, -0.05) is 0 Å². The van der Waals surface area contributed by atoms with Gasteiger partial charge >= 0.3 is 0 Å². The van der Waals surface area contributed by atoms with E-state index >= 15 is 0 Å². The van der Waals surface area contributed by atoms with Crippen LogP contribution in [-0.4, -0.2) is 97.8 Å². The molecule has 0 spiro atoms. The molecule has 0 amide bonds. The van der Waals surface area contributed by atoms with Gasteiger partial charge < -0.3 is 25.8 Å². The molecule has 200 valence electrons. The van der Waals surface area contributed by atoms with Crippen LogP contribution in [0.15, 0.2) is 11.9 Å². The van der Waals surface area contributed by atoms with Gasteiger partial charge in [-0.2, -0.15) is 0 Å². The minimum Gasteiger partial charge on any atom is -0.384 e. The molecule has 2 heterocycles. The van der Waals surface area contributed by atoms with E-state index in [0.717, 1.165) is 56.4 Å². The fraction of sp³-hybridized carbons (Fsp3) is 0.931. The lowest BCUT2D eigenvalue weighted by Crippen LogP contribution is -2.65. The first-order valence-electron chi connectivity index (χ1n) is 14.8. The van der Waals surface area contributed by atoms with Gasteiger partial charge in [0.1, 0.15) is 0 Å². The number of nitrogens with zero attached hydrogens (tertiary/aromatic N) is 3. The van der Waals surface area contributed by atoms with E-state index in [1.54, 1.807) is 0 Å². The van der Waals surface area contributed by atoms with Crippen molar-refractivity contribution in [3.63, 3.8) is 0 Å². The number of piperazine rings is 1. The van der Waals surface area contributed by atoms with Crippen molar-refractivity contribution in [1.29, 1.82) is 0 Å². The quantitative estimate of drug-likeness (QED) is 0.413. The van der Waals surface area contributed by atoms with Crippen LogP contribution in [0.25, 0.3) is 0 Å². The molecule has 0 aromatic heterocycles. The largest absolute Gasteiger partial charge is 0.384 e. The lowest BCUT2D eigenvalue weighted by Gasteiger charge is -2.64. The Bertz CT molecular complexity index is 725. The van der Waals surface area contributed by atoms with Crippen LogP contribution in [0, 0.1) is 23.7 Å². The lowest BCUT2D eigenvalue weighted by atomic mass is 9.47. The molecular weight excluding hydrogens is 432 g/mol. The summed E-state index contributed by atoms with van der Waals surface area (Å²) < 4.78 is 0. The van der Waals surface area contributed by atoms with Crippen molar-refractivity contribution in [1.82, 2.24) is 30.7 Å². The maximum absolute atomic E-state index is 3.66. The first-order valence-corrected chi connectivity index (χ1v) is 14.8. The third kappa shape index (κ3) is 5.56. The van der Waals surface area contributed by atoms with Gasteiger partial charge in [0.15, 0.2) is 0 Å². The molecule has 6 aliphatic rings. The summed E-state index contributed by atoms with van der Waals surface area (Å²) in [6.07, 6.45) is 11.3. The molecule has 5 fully saturated rings.